The normalized spacial score (nSPS) is 16.3. The molecule has 1 saturated heterocycles. The lowest BCUT2D eigenvalue weighted by Crippen LogP contribution is -2.46. The number of hydrogen-bond donors (Lipinski definition) is 0. The van der Waals surface area contributed by atoms with Crippen molar-refractivity contribution in [2.24, 2.45) is 4.99 Å². The summed E-state index contributed by atoms with van der Waals surface area (Å²) in [6.45, 7) is 8.28. The molecule has 35 heavy (non-hydrogen) atoms. The molecule has 0 bridgehead atoms. The van der Waals surface area contributed by atoms with Gasteiger partial charge < -0.3 is 0 Å². The van der Waals surface area contributed by atoms with Crippen molar-refractivity contribution in [3.63, 3.8) is 0 Å². The number of carbonyl (C=O) groups excluding carboxylic acids is 1. The van der Waals surface area contributed by atoms with Crippen LogP contribution in [0, 0.1) is 13.8 Å². The molecular formula is C29H26ClN3OS. The molecular weight excluding hydrogens is 474 g/mol. The van der Waals surface area contributed by atoms with Gasteiger partial charge in [0.05, 0.1) is 28.0 Å². The van der Waals surface area contributed by atoms with Crippen LogP contribution in [0.3, 0.4) is 0 Å². The van der Waals surface area contributed by atoms with Gasteiger partial charge in [-0.1, -0.05) is 65.8 Å². The standard InChI is InChI=1S/C29H26ClN3OS/c1-18-9-10-19(2)25(15-18)32-28-33(29(3,4)17-35-28)27(34)23-16-26(20-11-13-21(30)14-12-20)31-24-8-6-5-7-22(23)24/h5-16H,17H2,1-4H3. The van der Waals surface area contributed by atoms with Crippen LogP contribution in [0.25, 0.3) is 22.2 Å². The third-order valence-electron chi connectivity index (χ3n) is 6.22. The summed E-state index contributed by atoms with van der Waals surface area (Å²) < 4.78 is 0. The summed E-state index contributed by atoms with van der Waals surface area (Å²) in [5, 5.41) is 2.21. The summed E-state index contributed by atoms with van der Waals surface area (Å²) in [7, 11) is 0. The molecule has 0 aliphatic carbocycles. The lowest BCUT2D eigenvalue weighted by molar-refractivity contribution is 0.0769. The van der Waals surface area contributed by atoms with E-state index in [4.69, 9.17) is 21.6 Å². The fraction of sp³-hybridized carbons (Fsp3) is 0.207. The molecule has 6 heteroatoms. The Labute approximate surface area is 215 Å². The number of para-hydroxylation sites is 1. The number of amidine groups is 1. The second-order valence-electron chi connectivity index (χ2n) is 9.51. The molecule has 1 fully saturated rings. The third kappa shape index (κ3) is 4.58. The number of pyridine rings is 1. The first-order chi connectivity index (χ1) is 16.7. The van der Waals surface area contributed by atoms with Crippen LogP contribution < -0.4 is 0 Å². The molecule has 1 aliphatic heterocycles. The molecule has 176 valence electrons. The molecule has 4 nitrogen and oxygen atoms in total. The van der Waals surface area contributed by atoms with Crippen molar-refractivity contribution in [3.8, 4) is 11.3 Å². The molecule has 3 aromatic carbocycles. The summed E-state index contributed by atoms with van der Waals surface area (Å²) in [4.78, 5) is 25.9. The zero-order valence-corrected chi connectivity index (χ0v) is 21.7. The Morgan fingerprint density at radius 1 is 1.03 bits per heavy atom. The van der Waals surface area contributed by atoms with Gasteiger partial charge in [0.25, 0.3) is 5.91 Å². The highest BCUT2D eigenvalue weighted by Crippen LogP contribution is 2.37. The van der Waals surface area contributed by atoms with E-state index in [-0.39, 0.29) is 11.4 Å². The minimum absolute atomic E-state index is 0.0714. The Bertz CT molecular complexity index is 1480. The number of fused-ring (bicyclic) bond motifs is 1. The number of thioether (sulfide) groups is 1. The molecule has 0 atom stereocenters. The second kappa shape index (κ2) is 9.14. The number of aromatic nitrogens is 1. The van der Waals surface area contributed by atoms with Gasteiger partial charge in [0.2, 0.25) is 0 Å². The van der Waals surface area contributed by atoms with Gasteiger partial charge in [-0.2, -0.15) is 0 Å². The molecule has 4 aromatic rings. The molecule has 1 aromatic heterocycles. The van der Waals surface area contributed by atoms with Crippen LogP contribution in [-0.2, 0) is 0 Å². The maximum absolute atomic E-state index is 14.2. The van der Waals surface area contributed by atoms with E-state index in [9.17, 15) is 4.79 Å². The minimum atomic E-state index is -0.386. The van der Waals surface area contributed by atoms with E-state index in [1.807, 2.05) is 66.4 Å². The number of benzene rings is 3. The Morgan fingerprint density at radius 3 is 2.54 bits per heavy atom. The number of carbonyl (C=O) groups is 1. The Morgan fingerprint density at radius 2 is 1.77 bits per heavy atom. The van der Waals surface area contributed by atoms with Gasteiger partial charge in [-0.25, -0.2) is 9.98 Å². The van der Waals surface area contributed by atoms with E-state index < -0.39 is 0 Å². The summed E-state index contributed by atoms with van der Waals surface area (Å²) in [5.41, 5.74) is 5.77. The fourth-order valence-electron chi connectivity index (χ4n) is 4.26. The van der Waals surface area contributed by atoms with Gasteiger partial charge in [0.1, 0.15) is 0 Å². The quantitative estimate of drug-likeness (QED) is 0.288. The van der Waals surface area contributed by atoms with Crippen molar-refractivity contribution in [3.05, 3.63) is 94.5 Å². The predicted molar refractivity (Wildman–Crippen MR) is 148 cm³/mol. The molecule has 0 spiro atoms. The topological polar surface area (TPSA) is 45.6 Å². The monoisotopic (exact) mass is 499 g/mol. The zero-order valence-electron chi connectivity index (χ0n) is 20.2. The van der Waals surface area contributed by atoms with Crippen LogP contribution in [-0.4, -0.2) is 32.3 Å². The maximum Gasteiger partial charge on any atom is 0.261 e. The third-order valence-corrected chi connectivity index (χ3v) is 7.86. The molecule has 0 unspecified atom stereocenters. The lowest BCUT2D eigenvalue weighted by Gasteiger charge is -2.31. The van der Waals surface area contributed by atoms with Crippen LogP contribution in [0.4, 0.5) is 5.69 Å². The first-order valence-electron chi connectivity index (χ1n) is 11.5. The molecule has 1 amide bonds. The Balaban J connectivity index is 1.65. The highest BCUT2D eigenvalue weighted by atomic mass is 35.5. The predicted octanol–water partition coefficient (Wildman–Crippen LogP) is 7.83. The van der Waals surface area contributed by atoms with Gasteiger partial charge in [-0.05, 0) is 69.2 Å². The summed E-state index contributed by atoms with van der Waals surface area (Å²) in [6, 6.07) is 23.4. The van der Waals surface area contributed by atoms with Crippen LogP contribution in [0.2, 0.25) is 5.02 Å². The molecule has 0 saturated carbocycles. The number of aliphatic imine (C=N–C) groups is 1. The molecule has 0 N–H and O–H groups in total. The van der Waals surface area contributed by atoms with Crippen LogP contribution in [0.15, 0.2) is 77.8 Å². The molecule has 5 rings (SSSR count). The average molecular weight is 500 g/mol. The van der Waals surface area contributed by atoms with Crippen LogP contribution in [0.5, 0.6) is 0 Å². The summed E-state index contributed by atoms with van der Waals surface area (Å²) in [5.74, 6) is 0.702. The van der Waals surface area contributed by atoms with Crippen LogP contribution >= 0.6 is 23.4 Å². The number of halogens is 1. The van der Waals surface area contributed by atoms with Crippen molar-refractivity contribution >= 4 is 51.0 Å². The number of amides is 1. The lowest BCUT2D eigenvalue weighted by atomic mass is 10.0. The van der Waals surface area contributed by atoms with Crippen LogP contribution in [0.1, 0.15) is 35.3 Å². The van der Waals surface area contributed by atoms with Gasteiger partial charge in [0.15, 0.2) is 5.17 Å². The summed E-state index contributed by atoms with van der Waals surface area (Å²) >= 11 is 7.72. The fourth-order valence-corrected chi connectivity index (χ4v) is 5.62. The van der Waals surface area contributed by atoms with E-state index in [2.05, 4.69) is 39.0 Å². The Kier molecular flexibility index (Phi) is 6.16. The summed E-state index contributed by atoms with van der Waals surface area (Å²) in [6.07, 6.45) is 0. The highest BCUT2D eigenvalue weighted by Gasteiger charge is 2.42. The number of rotatable bonds is 3. The van der Waals surface area contributed by atoms with Gasteiger partial charge in [-0.3, -0.25) is 9.69 Å². The van der Waals surface area contributed by atoms with E-state index in [0.717, 1.165) is 49.9 Å². The van der Waals surface area contributed by atoms with E-state index in [1.54, 1.807) is 11.8 Å². The van der Waals surface area contributed by atoms with Crippen molar-refractivity contribution < 1.29 is 4.79 Å². The first-order valence-corrected chi connectivity index (χ1v) is 12.9. The highest BCUT2D eigenvalue weighted by molar-refractivity contribution is 8.14. The average Bonchev–Trinajstić information content (AvgIpc) is 3.14. The van der Waals surface area contributed by atoms with Crippen molar-refractivity contribution in [1.82, 2.24) is 9.88 Å². The maximum atomic E-state index is 14.2. The van der Waals surface area contributed by atoms with Gasteiger partial charge >= 0.3 is 0 Å². The van der Waals surface area contributed by atoms with Gasteiger partial charge in [-0.15, -0.1) is 0 Å². The first kappa shape index (κ1) is 23.6. The van der Waals surface area contributed by atoms with Gasteiger partial charge in [0, 0.05) is 21.7 Å². The van der Waals surface area contributed by atoms with E-state index >= 15 is 0 Å². The second-order valence-corrected chi connectivity index (χ2v) is 10.9. The van der Waals surface area contributed by atoms with E-state index in [0.29, 0.717) is 10.6 Å². The van der Waals surface area contributed by atoms with Crippen molar-refractivity contribution in [2.75, 3.05) is 5.75 Å². The van der Waals surface area contributed by atoms with E-state index in [1.165, 1.54) is 0 Å². The molecule has 2 heterocycles. The Hall–Kier alpha value is -3.15. The minimum Gasteiger partial charge on any atom is -0.281 e. The number of aryl methyl sites for hydroxylation is 2. The molecule has 0 radical (unpaired) electrons. The van der Waals surface area contributed by atoms with Crippen molar-refractivity contribution in [2.45, 2.75) is 33.2 Å². The molecule has 1 aliphatic rings. The smallest absolute Gasteiger partial charge is 0.261 e. The largest absolute Gasteiger partial charge is 0.281 e. The SMILES string of the molecule is Cc1ccc(C)c(N=C2SCC(C)(C)N2C(=O)c2cc(-c3ccc(Cl)cc3)nc3ccccc23)c1. The zero-order chi connectivity index (χ0) is 24.7. The number of hydrogen-bond acceptors (Lipinski definition) is 4. The number of nitrogens with zero attached hydrogens (tertiary/aromatic N) is 3. The van der Waals surface area contributed by atoms with Crippen molar-refractivity contribution in [1.29, 1.82) is 0 Å².